The van der Waals surface area contributed by atoms with Gasteiger partial charge in [-0.05, 0) is 13.1 Å². The van der Waals surface area contributed by atoms with Crippen LogP contribution < -0.4 is 0 Å². The largest absolute Gasteiger partial charge is 0.468 e. The van der Waals surface area contributed by atoms with Crippen molar-refractivity contribution in [3.05, 3.63) is 12.2 Å². The summed E-state index contributed by atoms with van der Waals surface area (Å²) in [6, 6.07) is 0. The minimum absolute atomic E-state index is 0.236. The summed E-state index contributed by atoms with van der Waals surface area (Å²) < 4.78 is 4.45. The maximum Gasteiger partial charge on any atom is 0.319 e. The van der Waals surface area contributed by atoms with Crippen molar-refractivity contribution in [3.63, 3.8) is 0 Å². The lowest BCUT2D eigenvalue weighted by atomic mass is 10.4. The zero-order chi connectivity index (χ0) is 9.40. The number of aldehydes is 1. The van der Waals surface area contributed by atoms with Gasteiger partial charge in [0.2, 0.25) is 0 Å². The van der Waals surface area contributed by atoms with Crippen LogP contribution in [0.2, 0.25) is 0 Å². The fourth-order valence-corrected chi connectivity index (χ4v) is 0.646. The lowest BCUT2D eigenvalue weighted by Crippen LogP contribution is -2.26. The summed E-state index contributed by atoms with van der Waals surface area (Å²) in [6.45, 7) is 0.799. The summed E-state index contributed by atoms with van der Waals surface area (Å²) in [5, 5.41) is 0. The van der Waals surface area contributed by atoms with Crippen molar-refractivity contribution in [2.24, 2.45) is 0 Å². The number of hydrogen-bond acceptors (Lipinski definition) is 4. The van der Waals surface area contributed by atoms with Gasteiger partial charge < -0.3 is 4.74 Å². The molecule has 0 heterocycles. The number of carbonyl (C=O) groups excluding carboxylic acids is 2. The number of methoxy groups -OCH3 is 1. The number of rotatable bonds is 5. The first-order chi connectivity index (χ1) is 5.70. The summed E-state index contributed by atoms with van der Waals surface area (Å²) in [4.78, 5) is 22.3. The smallest absolute Gasteiger partial charge is 0.319 e. The molecule has 0 aromatic rings. The van der Waals surface area contributed by atoms with Gasteiger partial charge in [0.15, 0.2) is 0 Å². The van der Waals surface area contributed by atoms with Gasteiger partial charge in [-0.2, -0.15) is 0 Å². The lowest BCUT2D eigenvalue weighted by molar-refractivity contribution is -0.141. The van der Waals surface area contributed by atoms with Crippen LogP contribution in [0.4, 0.5) is 0 Å². The van der Waals surface area contributed by atoms with Gasteiger partial charge in [0, 0.05) is 6.54 Å². The van der Waals surface area contributed by atoms with Crippen molar-refractivity contribution in [3.8, 4) is 0 Å². The van der Waals surface area contributed by atoms with Crippen LogP contribution >= 0.6 is 0 Å². The third-order valence-corrected chi connectivity index (χ3v) is 1.26. The molecule has 0 amide bonds. The zero-order valence-corrected chi connectivity index (χ0v) is 7.32. The van der Waals surface area contributed by atoms with Crippen molar-refractivity contribution >= 4 is 12.3 Å². The Morgan fingerprint density at radius 2 is 2.25 bits per heavy atom. The molecule has 0 radical (unpaired) electrons. The van der Waals surface area contributed by atoms with E-state index in [9.17, 15) is 9.59 Å². The molecular weight excluding hydrogens is 158 g/mol. The van der Waals surface area contributed by atoms with E-state index in [1.54, 1.807) is 18.0 Å². The van der Waals surface area contributed by atoms with E-state index >= 15 is 0 Å². The van der Waals surface area contributed by atoms with E-state index in [0.717, 1.165) is 0 Å². The SMILES string of the molecule is COC(=O)CN(C)C/C=C/C=O. The van der Waals surface area contributed by atoms with Crippen LogP contribution in [0.15, 0.2) is 12.2 Å². The molecule has 68 valence electrons. The molecule has 0 N–H and O–H groups in total. The zero-order valence-electron chi connectivity index (χ0n) is 7.32. The molecule has 0 aromatic carbocycles. The van der Waals surface area contributed by atoms with Crippen LogP contribution in [-0.2, 0) is 14.3 Å². The normalized spacial score (nSPS) is 10.6. The maximum atomic E-state index is 10.7. The van der Waals surface area contributed by atoms with Crippen LogP contribution in [0.25, 0.3) is 0 Å². The summed E-state index contributed by atoms with van der Waals surface area (Å²) in [5.41, 5.74) is 0. The number of nitrogens with zero attached hydrogens (tertiary/aromatic N) is 1. The monoisotopic (exact) mass is 171 g/mol. The van der Waals surface area contributed by atoms with Crippen molar-refractivity contribution in [1.82, 2.24) is 4.90 Å². The fourth-order valence-electron chi connectivity index (χ4n) is 0.646. The molecule has 0 atom stereocenters. The molecule has 0 aliphatic heterocycles. The summed E-state index contributed by atoms with van der Waals surface area (Å²) in [7, 11) is 3.11. The number of esters is 1. The van der Waals surface area contributed by atoms with E-state index in [0.29, 0.717) is 12.8 Å². The molecular formula is C8H13NO3. The van der Waals surface area contributed by atoms with E-state index < -0.39 is 0 Å². The van der Waals surface area contributed by atoms with Crippen LogP contribution in [0.5, 0.6) is 0 Å². The Balaban J connectivity index is 3.58. The van der Waals surface area contributed by atoms with E-state index in [4.69, 9.17) is 0 Å². The summed E-state index contributed by atoms with van der Waals surface area (Å²) >= 11 is 0. The molecule has 0 aromatic heterocycles. The number of ether oxygens (including phenoxy) is 1. The third-order valence-electron chi connectivity index (χ3n) is 1.26. The van der Waals surface area contributed by atoms with Crippen LogP contribution in [0.1, 0.15) is 0 Å². The molecule has 0 aliphatic rings. The van der Waals surface area contributed by atoms with Crippen LogP contribution in [-0.4, -0.2) is 44.4 Å². The maximum absolute atomic E-state index is 10.7. The summed E-state index contributed by atoms with van der Waals surface area (Å²) in [5.74, 6) is -0.281. The Morgan fingerprint density at radius 1 is 1.58 bits per heavy atom. The van der Waals surface area contributed by atoms with Gasteiger partial charge in [-0.25, -0.2) is 0 Å². The highest BCUT2D eigenvalue weighted by atomic mass is 16.5. The second-order valence-electron chi connectivity index (χ2n) is 2.34. The predicted octanol–water partition coefficient (Wildman–Crippen LogP) is -0.154. The Bertz CT molecular complexity index is 177. The topological polar surface area (TPSA) is 46.6 Å². The highest BCUT2D eigenvalue weighted by molar-refractivity contribution is 5.71. The second-order valence-corrected chi connectivity index (χ2v) is 2.34. The Morgan fingerprint density at radius 3 is 2.75 bits per heavy atom. The molecule has 4 heteroatoms. The molecule has 0 saturated heterocycles. The molecule has 0 aliphatic carbocycles. The fraction of sp³-hybridized carbons (Fsp3) is 0.500. The van der Waals surface area contributed by atoms with Gasteiger partial charge in [0.05, 0.1) is 13.7 Å². The van der Waals surface area contributed by atoms with Gasteiger partial charge >= 0.3 is 5.97 Å². The number of hydrogen-bond donors (Lipinski definition) is 0. The van der Waals surface area contributed by atoms with E-state index in [-0.39, 0.29) is 12.5 Å². The van der Waals surface area contributed by atoms with Crippen molar-refractivity contribution < 1.29 is 14.3 Å². The standard InChI is InChI=1S/C8H13NO3/c1-9(5-3-4-6-10)7-8(11)12-2/h3-4,6H,5,7H2,1-2H3/b4-3+. The quantitative estimate of drug-likeness (QED) is 0.328. The molecule has 0 rings (SSSR count). The van der Waals surface area contributed by atoms with Gasteiger partial charge in [-0.3, -0.25) is 14.5 Å². The van der Waals surface area contributed by atoms with E-state index in [1.807, 2.05) is 0 Å². The van der Waals surface area contributed by atoms with Crippen LogP contribution in [0, 0.1) is 0 Å². The number of carbonyl (C=O) groups is 2. The van der Waals surface area contributed by atoms with Crippen molar-refractivity contribution in [1.29, 1.82) is 0 Å². The lowest BCUT2D eigenvalue weighted by Gasteiger charge is -2.11. The first kappa shape index (κ1) is 10.8. The van der Waals surface area contributed by atoms with Crippen molar-refractivity contribution in [2.45, 2.75) is 0 Å². The molecule has 0 fully saturated rings. The minimum atomic E-state index is -0.281. The predicted molar refractivity (Wildman–Crippen MR) is 44.7 cm³/mol. The van der Waals surface area contributed by atoms with E-state index in [2.05, 4.69) is 4.74 Å². The number of allylic oxidation sites excluding steroid dienone is 1. The van der Waals surface area contributed by atoms with Crippen molar-refractivity contribution in [2.75, 3.05) is 27.2 Å². The number of likely N-dealkylation sites (N-methyl/N-ethyl adjacent to an activating group) is 1. The minimum Gasteiger partial charge on any atom is -0.468 e. The Labute approximate surface area is 71.8 Å². The summed E-state index contributed by atoms with van der Waals surface area (Å²) in [6.07, 6.45) is 3.77. The molecule has 0 bridgehead atoms. The average Bonchev–Trinajstić information content (AvgIpc) is 2.05. The van der Waals surface area contributed by atoms with E-state index in [1.165, 1.54) is 13.2 Å². The molecule has 4 nitrogen and oxygen atoms in total. The third kappa shape index (κ3) is 5.61. The van der Waals surface area contributed by atoms with Crippen LogP contribution in [0.3, 0.4) is 0 Å². The van der Waals surface area contributed by atoms with Gasteiger partial charge in [0.1, 0.15) is 6.29 Å². The highest BCUT2D eigenvalue weighted by Crippen LogP contribution is 1.84. The van der Waals surface area contributed by atoms with Gasteiger partial charge in [-0.1, -0.05) is 6.08 Å². The highest BCUT2D eigenvalue weighted by Gasteiger charge is 2.02. The molecule has 12 heavy (non-hydrogen) atoms. The van der Waals surface area contributed by atoms with Gasteiger partial charge in [0.25, 0.3) is 0 Å². The van der Waals surface area contributed by atoms with Gasteiger partial charge in [-0.15, -0.1) is 0 Å². The molecule has 0 unspecified atom stereocenters. The first-order valence-corrected chi connectivity index (χ1v) is 3.56. The molecule has 0 saturated carbocycles. The first-order valence-electron chi connectivity index (χ1n) is 3.56. The molecule has 0 spiro atoms. The Kier molecular flexibility index (Phi) is 5.91. The second kappa shape index (κ2) is 6.54. The Hall–Kier alpha value is -1.16. The average molecular weight is 171 g/mol.